The van der Waals surface area contributed by atoms with Crippen molar-refractivity contribution in [3.8, 4) is 6.07 Å². The molecule has 0 aromatic carbocycles. The summed E-state index contributed by atoms with van der Waals surface area (Å²) in [7, 11) is 0. The SMILES string of the molecule is CC[C@H](Cn1nccc1C#N)C1CC[C@H]2[C@@H]3CC[C@@H]4C[C@@](O)(CC)CC[C@]4(C)[C@H]3CC[C@]12C. The average molecular weight is 452 g/mol. The van der Waals surface area contributed by atoms with Crippen LogP contribution in [-0.4, -0.2) is 20.5 Å². The summed E-state index contributed by atoms with van der Waals surface area (Å²) < 4.78 is 1.96. The average Bonchev–Trinajstić information content (AvgIpc) is 3.41. The van der Waals surface area contributed by atoms with Crippen LogP contribution in [0.2, 0.25) is 0 Å². The molecule has 5 rings (SSSR count). The number of aliphatic hydroxyl groups is 1. The first-order chi connectivity index (χ1) is 15.8. The van der Waals surface area contributed by atoms with Crippen LogP contribution in [0, 0.1) is 57.7 Å². The summed E-state index contributed by atoms with van der Waals surface area (Å²) in [5.41, 5.74) is 1.17. The highest BCUT2D eigenvalue weighted by Crippen LogP contribution is 2.69. The van der Waals surface area contributed by atoms with Gasteiger partial charge < -0.3 is 5.11 Å². The number of hydrogen-bond acceptors (Lipinski definition) is 3. The quantitative estimate of drug-likeness (QED) is 0.550. The molecule has 0 bridgehead atoms. The number of fused-ring (bicyclic) bond motifs is 5. The Bertz CT molecular complexity index is 903. The molecule has 33 heavy (non-hydrogen) atoms. The molecular weight excluding hydrogens is 406 g/mol. The summed E-state index contributed by atoms with van der Waals surface area (Å²) in [6, 6.07) is 4.17. The summed E-state index contributed by atoms with van der Waals surface area (Å²) in [6.07, 6.45) is 15.3. The lowest BCUT2D eigenvalue weighted by atomic mass is 9.43. The van der Waals surface area contributed by atoms with Gasteiger partial charge in [0.15, 0.2) is 0 Å². The smallest absolute Gasteiger partial charge is 0.138 e. The van der Waals surface area contributed by atoms with Crippen LogP contribution in [0.1, 0.15) is 104 Å². The maximum atomic E-state index is 11.1. The molecular formula is C29H45N3O. The lowest BCUT2D eigenvalue weighted by molar-refractivity contribution is -0.153. The van der Waals surface area contributed by atoms with E-state index in [-0.39, 0.29) is 0 Å². The maximum Gasteiger partial charge on any atom is 0.138 e. The molecule has 1 N–H and O–H groups in total. The van der Waals surface area contributed by atoms with Crippen LogP contribution < -0.4 is 0 Å². The number of rotatable bonds is 5. The van der Waals surface area contributed by atoms with E-state index in [1.807, 2.05) is 10.7 Å². The zero-order valence-electron chi connectivity index (χ0n) is 21.4. The van der Waals surface area contributed by atoms with Gasteiger partial charge in [0.2, 0.25) is 0 Å². The van der Waals surface area contributed by atoms with Crippen molar-refractivity contribution in [3.63, 3.8) is 0 Å². The van der Waals surface area contributed by atoms with Gasteiger partial charge in [-0.3, -0.25) is 4.68 Å². The second kappa shape index (κ2) is 8.40. The van der Waals surface area contributed by atoms with Gasteiger partial charge in [-0.15, -0.1) is 0 Å². The minimum atomic E-state index is -0.401. The summed E-state index contributed by atoms with van der Waals surface area (Å²) in [4.78, 5) is 0. The molecule has 1 heterocycles. The van der Waals surface area contributed by atoms with Gasteiger partial charge in [0.05, 0.1) is 11.8 Å². The minimum Gasteiger partial charge on any atom is -0.390 e. The van der Waals surface area contributed by atoms with Gasteiger partial charge in [0, 0.05) is 6.54 Å². The van der Waals surface area contributed by atoms with Crippen molar-refractivity contribution in [1.82, 2.24) is 9.78 Å². The predicted molar refractivity (Wildman–Crippen MR) is 131 cm³/mol. The van der Waals surface area contributed by atoms with E-state index in [4.69, 9.17) is 0 Å². The summed E-state index contributed by atoms with van der Waals surface area (Å²) in [6.45, 7) is 10.6. The van der Waals surface area contributed by atoms with Crippen molar-refractivity contribution < 1.29 is 5.11 Å². The third kappa shape index (κ3) is 3.60. The van der Waals surface area contributed by atoms with Crippen molar-refractivity contribution in [3.05, 3.63) is 18.0 Å². The molecule has 9 atom stereocenters. The Morgan fingerprint density at radius 1 is 1.09 bits per heavy atom. The van der Waals surface area contributed by atoms with Crippen LogP contribution >= 0.6 is 0 Å². The van der Waals surface area contributed by atoms with Crippen LogP contribution in [-0.2, 0) is 6.54 Å². The minimum absolute atomic E-state index is 0.401. The normalized spacial score (nSPS) is 45.5. The fourth-order valence-electron chi connectivity index (χ4n) is 9.79. The third-order valence-electron chi connectivity index (χ3n) is 11.9. The first-order valence-corrected chi connectivity index (χ1v) is 13.9. The van der Waals surface area contributed by atoms with Gasteiger partial charge >= 0.3 is 0 Å². The number of hydrogen-bond donors (Lipinski definition) is 1. The van der Waals surface area contributed by atoms with Crippen LogP contribution in [0.3, 0.4) is 0 Å². The van der Waals surface area contributed by atoms with E-state index in [2.05, 4.69) is 38.9 Å². The second-order valence-corrected chi connectivity index (χ2v) is 12.8. The van der Waals surface area contributed by atoms with E-state index in [0.717, 1.165) is 49.5 Å². The molecule has 0 radical (unpaired) electrons. The van der Waals surface area contributed by atoms with Gasteiger partial charge in [-0.1, -0.05) is 34.1 Å². The van der Waals surface area contributed by atoms with Crippen molar-refractivity contribution in [2.45, 2.75) is 110 Å². The molecule has 4 heteroatoms. The molecule has 1 aromatic rings. The molecule has 0 aliphatic heterocycles. The van der Waals surface area contributed by atoms with Gasteiger partial charge in [-0.05, 0) is 117 Å². The Morgan fingerprint density at radius 3 is 2.61 bits per heavy atom. The zero-order valence-corrected chi connectivity index (χ0v) is 21.4. The van der Waals surface area contributed by atoms with Gasteiger partial charge in [0.1, 0.15) is 11.8 Å². The maximum absolute atomic E-state index is 11.1. The van der Waals surface area contributed by atoms with E-state index in [1.54, 1.807) is 6.20 Å². The molecule has 4 fully saturated rings. The Kier molecular flexibility index (Phi) is 5.96. The molecule has 4 saturated carbocycles. The molecule has 4 aliphatic carbocycles. The van der Waals surface area contributed by atoms with E-state index >= 15 is 0 Å². The number of nitriles is 1. The van der Waals surface area contributed by atoms with Crippen LogP contribution in [0.5, 0.6) is 0 Å². The highest BCUT2D eigenvalue weighted by Gasteiger charge is 2.61. The van der Waals surface area contributed by atoms with E-state index in [0.29, 0.717) is 28.4 Å². The monoisotopic (exact) mass is 451 g/mol. The molecule has 1 unspecified atom stereocenters. The highest BCUT2D eigenvalue weighted by molar-refractivity contribution is 5.18. The second-order valence-electron chi connectivity index (χ2n) is 12.8. The Balaban J connectivity index is 1.35. The summed E-state index contributed by atoms with van der Waals surface area (Å²) in [5, 5.41) is 25.0. The number of aromatic nitrogens is 2. The first-order valence-electron chi connectivity index (χ1n) is 13.9. The molecule has 182 valence electrons. The largest absolute Gasteiger partial charge is 0.390 e. The van der Waals surface area contributed by atoms with Gasteiger partial charge in [-0.25, -0.2) is 0 Å². The fraction of sp³-hybridized carbons (Fsp3) is 0.862. The summed E-state index contributed by atoms with van der Waals surface area (Å²) >= 11 is 0. The van der Waals surface area contributed by atoms with Gasteiger partial charge in [-0.2, -0.15) is 10.4 Å². The van der Waals surface area contributed by atoms with Crippen molar-refractivity contribution >= 4 is 0 Å². The van der Waals surface area contributed by atoms with Crippen LogP contribution in [0.4, 0.5) is 0 Å². The molecule has 1 aromatic heterocycles. The fourth-order valence-corrected chi connectivity index (χ4v) is 9.79. The first kappa shape index (κ1) is 23.4. The van der Waals surface area contributed by atoms with Crippen LogP contribution in [0.25, 0.3) is 0 Å². The van der Waals surface area contributed by atoms with Crippen molar-refractivity contribution in [2.75, 3.05) is 0 Å². The molecule has 0 amide bonds. The molecule has 4 nitrogen and oxygen atoms in total. The molecule has 0 saturated heterocycles. The van der Waals surface area contributed by atoms with Crippen molar-refractivity contribution in [1.29, 1.82) is 5.26 Å². The standard InChI is InChI=1S/C29H45N3O/c1-5-20(19-32-22(18-30)12-16-31-32)24-9-10-25-23-8-7-21-17-29(33,6-2)15-14-27(21,3)26(23)11-13-28(24,25)4/h12,16,20-21,23-26,33H,5-11,13-15,17,19H2,1-4H3/t20-,21-,23+,24?,25+,26+,27+,28-,29-/m1/s1. The predicted octanol–water partition coefficient (Wildman–Crippen LogP) is 6.58. The number of nitrogens with zero attached hydrogens (tertiary/aromatic N) is 3. The van der Waals surface area contributed by atoms with Crippen molar-refractivity contribution in [2.24, 2.45) is 46.3 Å². The third-order valence-corrected chi connectivity index (χ3v) is 11.9. The van der Waals surface area contributed by atoms with Gasteiger partial charge in [0.25, 0.3) is 0 Å². The highest BCUT2D eigenvalue weighted by atomic mass is 16.3. The lowest BCUT2D eigenvalue weighted by Gasteiger charge is -2.62. The summed E-state index contributed by atoms with van der Waals surface area (Å²) in [5.74, 6) is 4.64. The van der Waals surface area contributed by atoms with E-state index in [1.165, 1.54) is 51.4 Å². The Morgan fingerprint density at radius 2 is 1.88 bits per heavy atom. The Labute approximate surface area is 201 Å². The van der Waals surface area contributed by atoms with E-state index < -0.39 is 5.60 Å². The zero-order chi connectivity index (χ0) is 23.4. The van der Waals surface area contributed by atoms with Crippen LogP contribution in [0.15, 0.2) is 12.3 Å². The van der Waals surface area contributed by atoms with E-state index in [9.17, 15) is 10.4 Å². The molecule has 4 aliphatic rings. The molecule has 0 spiro atoms. The lowest BCUT2D eigenvalue weighted by Crippen LogP contribution is -2.56. The Hall–Kier alpha value is -1.34. The topological polar surface area (TPSA) is 61.8 Å².